The minimum Gasteiger partial charge on any atom is -0.382 e. The highest BCUT2D eigenvalue weighted by Gasteiger charge is 2.21. The van der Waals surface area contributed by atoms with Crippen LogP contribution in [0.15, 0.2) is 12.7 Å². The average Bonchev–Trinajstić information content (AvgIpc) is 3.67. The van der Waals surface area contributed by atoms with Crippen LogP contribution in [0, 0.1) is 17.8 Å². The molecule has 1 fully saturated rings. The molecule has 1 aliphatic carbocycles. The van der Waals surface area contributed by atoms with E-state index >= 15 is 0 Å². The number of imidazole rings is 1. The van der Waals surface area contributed by atoms with Crippen LogP contribution >= 0.6 is 19.4 Å². The van der Waals surface area contributed by atoms with Crippen molar-refractivity contribution in [1.82, 2.24) is 19.5 Å². The van der Waals surface area contributed by atoms with E-state index in [0.29, 0.717) is 23.5 Å². The van der Waals surface area contributed by atoms with Crippen molar-refractivity contribution in [2.75, 3.05) is 30.2 Å². The molecule has 2 heterocycles. The Kier molecular flexibility index (Phi) is 15.4. The van der Waals surface area contributed by atoms with Gasteiger partial charge in [0.25, 0.3) is 0 Å². The van der Waals surface area contributed by atoms with Gasteiger partial charge in [0.2, 0.25) is 0 Å². The first-order valence-corrected chi connectivity index (χ1v) is 17.9. The molecule has 2 aromatic heterocycles. The van der Waals surface area contributed by atoms with Crippen molar-refractivity contribution in [2.45, 2.75) is 109 Å². The molecule has 2 aromatic rings. The highest BCUT2D eigenvalue weighted by atomic mass is 32.2. The SMILES string of the molecule is C[C@H](Cn1cnc2c(N)ncnc21)OCP(=O)(O)OCCCSCCCCCCCCCCCCC#CC1CC1. The number of ether oxygens (including phenoxy) is 1. The number of nitrogens with zero attached hydrogens (tertiary/aromatic N) is 4. The normalized spacial score (nSPS) is 15.6. The fraction of sp³-hybridized carbons (Fsp3) is 0.759. The number of rotatable bonds is 22. The number of nitrogens with two attached hydrogens (primary N) is 1. The molecule has 0 amide bonds. The molecule has 0 radical (unpaired) electrons. The maximum Gasteiger partial charge on any atom is 0.353 e. The van der Waals surface area contributed by atoms with Crippen LogP contribution in [-0.4, -0.2) is 55.0 Å². The summed E-state index contributed by atoms with van der Waals surface area (Å²) in [5.41, 5.74) is 6.94. The van der Waals surface area contributed by atoms with E-state index in [1.807, 2.05) is 18.7 Å². The number of anilines is 1. The summed E-state index contributed by atoms with van der Waals surface area (Å²) in [6.45, 7) is 2.50. The molecule has 3 rings (SSSR count). The van der Waals surface area contributed by atoms with Crippen LogP contribution in [0.2, 0.25) is 0 Å². The zero-order chi connectivity index (χ0) is 28.5. The summed E-state index contributed by atoms with van der Waals surface area (Å²) < 4.78 is 24.9. The van der Waals surface area contributed by atoms with E-state index in [0.717, 1.165) is 30.3 Å². The highest BCUT2D eigenvalue weighted by Crippen LogP contribution is 2.42. The Hall–Kier alpha value is -1.63. The number of nitrogen functional groups attached to an aromatic ring is 1. The van der Waals surface area contributed by atoms with Gasteiger partial charge in [-0.3, -0.25) is 4.57 Å². The molecule has 0 bridgehead atoms. The first-order chi connectivity index (χ1) is 19.4. The first-order valence-electron chi connectivity index (χ1n) is 15.0. The lowest BCUT2D eigenvalue weighted by atomic mass is 10.1. The standard InChI is InChI=1S/C29H48N5O4PS/c1-25(21-34-23-33-27-28(30)31-22-32-29(27)34)37-24-39(35,36)38-18-14-20-40-19-13-11-9-7-5-3-2-4-6-8-10-12-15-26-16-17-26/h22-23,25-26H,2-11,13-14,16-21,24H2,1H3,(H,35,36)(H2,30,31,32)/t25-/m1/s1. The van der Waals surface area contributed by atoms with Crippen molar-refractivity contribution in [1.29, 1.82) is 0 Å². The Balaban J connectivity index is 1.08. The van der Waals surface area contributed by atoms with Gasteiger partial charge in [-0.2, -0.15) is 11.8 Å². The van der Waals surface area contributed by atoms with Gasteiger partial charge in [0.1, 0.15) is 18.2 Å². The Morgan fingerprint density at radius 1 is 1.05 bits per heavy atom. The molecular formula is C29H48N5O4PS. The minimum absolute atomic E-state index is 0.259. The van der Waals surface area contributed by atoms with Crippen LogP contribution in [-0.2, 0) is 20.4 Å². The van der Waals surface area contributed by atoms with Gasteiger partial charge in [0.15, 0.2) is 11.5 Å². The molecule has 3 N–H and O–H groups in total. The van der Waals surface area contributed by atoms with E-state index in [4.69, 9.17) is 15.0 Å². The second-order valence-corrected chi connectivity index (χ2v) is 13.8. The largest absolute Gasteiger partial charge is 0.382 e. The summed E-state index contributed by atoms with van der Waals surface area (Å²) in [7, 11) is -3.79. The van der Waals surface area contributed by atoms with Gasteiger partial charge in [-0.15, -0.1) is 5.92 Å². The van der Waals surface area contributed by atoms with Crippen LogP contribution in [0.4, 0.5) is 5.82 Å². The second-order valence-electron chi connectivity index (χ2n) is 10.8. The number of aromatic nitrogens is 4. The lowest BCUT2D eigenvalue weighted by Crippen LogP contribution is -2.17. The summed E-state index contributed by atoms with van der Waals surface area (Å²) >= 11 is 1.89. The van der Waals surface area contributed by atoms with Crippen molar-refractivity contribution in [3.8, 4) is 11.8 Å². The number of thioether (sulfide) groups is 1. The van der Waals surface area contributed by atoms with Crippen LogP contribution in [0.5, 0.6) is 0 Å². The number of hydrogen-bond donors (Lipinski definition) is 2. The molecule has 40 heavy (non-hydrogen) atoms. The molecule has 0 aromatic carbocycles. The Morgan fingerprint density at radius 2 is 1.73 bits per heavy atom. The maximum atomic E-state index is 12.3. The van der Waals surface area contributed by atoms with Gasteiger partial charge < -0.3 is 24.5 Å². The molecule has 224 valence electrons. The summed E-state index contributed by atoms with van der Waals surface area (Å²) in [5.74, 6) is 9.81. The predicted molar refractivity (Wildman–Crippen MR) is 164 cm³/mol. The van der Waals surface area contributed by atoms with Crippen molar-refractivity contribution in [3.05, 3.63) is 12.7 Å². The molecule has 1 unspecified atom stereocenters. The van der Waals surface area contributed by atoms with E-state index in [1.54, 1.807) is 10.9 Å². The summed E-state index contributed by atoms with van der Waals surface area (Å²) in [6.07, 6.45) is 20.1. The highest BCUT2D eigenvalue weighted by molar-refractivity contribution is 7.99. The maximum absolute atomic E-state index is 12.3. The van der Waals surface area contributed by atoms with E-state index < -0.39 is 7.60 Å². The molecule has 0 aliphatic heterocycles. The molecule has 11 heteroatoms. The number of fused-ring (bicyclic) bond motifs is 1. The Bertz CT molecular complexity index is 1100. The van der Waals surface area contributed by atoms with E-state index in [2.05, 4.69) is 26.8 Å². The zero-order valence-corrected chi connectivity index (χ0v) is 25.8. The minimum atomic E-state index is -3.79. The zero-order valence-electron chi connectivity index (χ0n) is 24.1. The van der Waals surface area contributed by atoms with Gasteiger partial charge in [0, 0.05) is 12.3 Å². The summed E-state index contributed by atoms with van der Waals surface area (Å²) in [5, 5.41) is 0. The first kappa shape index (κ1) is 32.9. The van der Waals surface area contributed by atoms with Gasteiger partial charge in [-0.1, -0.05) is 57.3 Å². The molecule has 0 spiro atoms. The van der Waals surface area contributed by atoms with Crippen LogP contribution in [0.25, 0.3) is 11.2 Å². The topological polar surface area (TPSA) is 125 Å². The third-order valence-electron chi connectivity index (χ3n) is 6.86. The molecule has 0 saturated heterocycles. The molecule has 2 atom stereocenters. The van der Waals surface area contributed by atoms with Gasteiger partial charge in [-0.25, -0.2) is 15.0 Å². The second kappa shape index (κ2) is 18.7. The lowest BCUT2D eigenvalue weighted by Gasteiger charge is -2.17. The quantitative estimate of drug-likeness (QED) is 0.0861. The number of hydrogen-bond acceptors (Lipinski definition) is 8. The Labute approximate surface area is 244 Å². The molecular weight excluding hydrogens is 545 g/mol. The number of unbranched alkanes of at least 4 members (excludes halogenated alkanes) is 10. The van der Waals surface area contributed by atoms with E-state index in [9.17, 15) is 9.46 Å². The lowest BCUT2D eigenvalue weighted by molar-refractivity contribution is 0.0718. The van der Waals surface area contributed by atoms with Crippen molar-refractivity contribution in [3.63, 3.8) is 0 Å². The van der Waals surface area contributed by atoms with Gasteiger partial charge >= 0.3 is 7.60 Å². The van der Waals surface area contributed by atoms with Gasteiger partial charge in [0.05, 0.1) is 25.6 Å². The van der Waals surface area contributed by atoms with Crippen molar-refractivity contribution in [2.24, 2.45) is 5.92 Å². The van der Waals surface area contributed by atoms with E-state index in [-0.39, 0.29) is 19.1 Å². The third-order valence-corrected chi connectivity index (χ3v) is 9.07. The monoisotopic (exact) mass is 593 g/mol. The average molecular weight is 594 g/mol. The predicted octanol–water partition coefficient (Wildman–Crippen LogP) is 6.80. The van der Waals surface area contributed by atoms with Crippen molar-refractivity contribution < 1.29 is 18.7 Å². The fourth-order valence-electron chi connectivity index (χ4n) is 4.37. The van der Waals surface area contributed by atoms with Crippen molar-refractivity contribution >= 4 is 36.3 Å². The van der Waals surface area contributed by atoms with Gasteiger partial charge in [-0.05, 0) is 50.5 Å². The summed E-state index contributed by atoms with van der Waals surface area (Å²) in [6, 6.07) is 0. The fourth-order valence-corrected chi connectivity index (χ4v) is 6.23. The molecule has 1 saturated carbocycles. The molecule has 1 aliphatic rings. The third kappa shape index (κ3) is 13.8. The van der Waals surface area contributed by atoms with Crippen LogP contribution in [0.1, 0.15) is 96.8 Å². The molecule has 9 nitrogen and oxygen atoms in total. The Morgan fingerprint density at radius 3 is 2.45 bits per heavy atom. The smallest absolute Gasteiger partial charge is 0.353 e. The van der Waals surface area contributed by atoms with Crippen LogP contribution < -0.4 is 5.73 Å². The van der Waals surface area contributed by atoms with E-state index in [1.165, 1.54) is 83.4 Å². The summed E-state index contributed by atoms with van der Waals surface area (Å²) in [4.78, 5) is 22.4. The van der Waals surface area contributed by atoms with Crippen LogP contribution in [0.3, 0.4) is 0 Å².